The molecule has 27 heavy (non-hydrogen) atoms. The van der Waals surface area contributed by atoms with E-state index in [1.54, 1.807) is 13.0 Å². The summed E-state index contributed by atoms with van der Waals surface area (Å²) in [5.41, 5.74) is 0.763. The Kier molecular flexibility index (Phi) is 3.55. The standard InChI is InChI=1S/C20H19N3O4/c1-10(18(24)22-15-9-6-11-4-2-3-5-12(11)21-15)23-19(25)16-13-7-8-14(27-13)17(16)20(23)26/h2-6,9-10,13-14,16-17H,7-8H2,1H3,(H,21,22,24)/t10-,13-,14-,16-,17-/m1/s1. The third-order valence-electron chi connectivity index (χ3n) is 5.93. The molecular formula is C20H19N3O4. The van der Waals surface area contributed by atoms with Crippen molar-refractivity contribution in [1.82, 2.24) is 9.88 Å². The van der Waals surface area contributed by atoms with Gasteiger partial charge in [-0.25, -0.2) is 4.98 Å². The Hall–Kier alpha value is -2.80. The number of ether oxygens (including phenoxy) is 1. The van der Waals surface area contributed by atoms with E-state index in [2.05, 4.69) is 10.3 Å². The van der Waals surface area contributed by atoms with Crippen LogP contribution in [0.4, 0.5) is 5.82 Å². The van der Waals surface area contributed by atoms with Crippen LogP contribution in [-0.4, -0.2) is 45.9 Å². The number of hydrogen-bond donors (Lipinski definition) is 1. The van der Waals surface area contributed by atoms with Crippen LogP contribution < -0.4 is 5.32 Å². The Morgan fingerprint density at radius 2 is 1.78 bits per heavy atom. The summed E-state index contributed by atoms with van der Waals surface area (Å²) in [7, 11) is 0. The first-order valence-electron chi connectivity index (χ1n) is 9.23. The van der Waals surface area contributed by atoms with Crippen LogP contribution in [0.2, 0.25) is 0 Å². The molecule has 5 rings (SSSR count). The van der Waals surface area contributed by atoms with Gasteiger partial charge in [0.2, 0.25) is 17.7 Å². The van der Waals surface area contributed by atoms with Gasteiger partial charge in [-0.05, 0) is 38.0 Å². The molecule has 0 spiro atoms. The molecule has 5 atom stereocenters. The highest BCUT2D eigenvalue weighted by molar-refractivity contribution is 6.10. The Bertz CT molecular complexity index is 947. The average molecular weight is 365 g/mol. The molecule has 1 aromatic carbocycles. The van der Waals surface area contributed by atoms with Crippen molar-refractivity contribution in [3.8, 4) is 0 Å². The van der Waals surface area contributed by atoms with Gasteiger partial charge in [0.25, 0.3) is 0 Å². The number of benzene rings is 1. The number of carbonyl (C=O) groups excluding carboxylic acids is 3. The monoisotopic (exact) mass is 365 g/mol. The van der Waals surface area contributed by atoms with Crippen LogP contribution in [-0.2, 0) is 19.1 Å². The van der Waals surface area contributed by atoms with Crippen LogP contribution in [0.1, 0.15) is 19.8 Å². The highest BCUT2D eigenvalue weighted by Crippen LogP contribution is 2.48. The maximum absolute atomic E-state index is 12.8. The number of hydrogen-bond acceptors (Lipinski definition) is 5. The zero-order chi connectivity index (χ0) is 18.7. The quantitative estimate of drug-likeness (QED) is 0.837. The van der Waals surface area contributed by atoms with Gasteiger partial charge in [-0.1, -0.05) is 18.2 Å². The van der Waals surface area contributed by atoms with Crippen molar-refractivity contribution in [2.45, 2.75) is 38.0 Å². The third-order valence-corrected chi connectivity index (χ3v) is 5.93. The molecule has 0 saturated carbocycles. The number of nitrogens with zero attached hydrogens (tertiary/aromatic N) is 2. The predicted octanol–water partition coefficient (Wildman–Crippen LogP) is 1.72. The van der Waals surface area contributed by atoms with E-state index in [9.17, 15) is 14.4 Å². The lowest BCUT2D eigenvalue weighted by Gasteiger charge is -2.23. The number of imide groups is 1. The molecule has 3 fully saturated rings. The summed E-state index contributed by atoms with van der Waals surface area (Å²) in [6.07, 6.45) is 1.25. The topological polar surface area (TPSA) is 88.6 Å². The minimum Gasteiger partial charge on any atom is -0.373 e. The fourth-order valence-corrected chi connectivity index (χ4v) is 4.60. The Morgan fingerprint density at radius 1 is 1.11 bits per heavy atom. The molecule has 1 N–H and O–H groups in total. The summed E-state index contributed by atoms with van der Waals surface area (Å²) < 4.78 is 5.73. The van der Waals surface area contributed by atoms with Gasteiger partial charge in [-0.3, -0.25) is 19.3 Å². The molecule has 7 heteroatoms. The fourth-order valence-electron chi connectivity index (χ4n) is 4.60. The predicted molar refractivity (Wildman–Crippen MR) is 96.6 cm³/mol. The average Bonchev–Trinajstić information content (AvgIpc) is 3.35. The van der Waals surface area contributed by atoms with Gasteiger partial charge in [0, 0.05) is 5.39 Å². The molecular weight excluding hydrogens is 346 g/mol. The zero-order valence-corrected chi connectivity index (χ0v) is 14.8. The van der Waals surface area contributed by atoms with Crippen LogP contribution in [0, 0.1) is 11.8 Å². The van der Waals surface area contributed by atoms with Crippen molar-refractivity contribution in [3.05, 3.63) is 36.4 Å². The molecule has 4 heterocycles. The van der Waals surface area contributed by atoms with Crippen molar-refractivity contribution in [2.75, 3.05) is 5.32 Å². The first kappa shape index (κ1) is 16.4. The second kappa shape index (κ2) is 5.85. The van der Waals surface area contributed by atoms with Crippen molar-refractivity contribution < 1.29 is 19.1 Å². The van der Waals surface area contributed by atoms with Crippen molar-refractivity contribution in [3.63, 3.8) is 0 Å². The molecule has 3 aliphatic rings. The number of aromatic nitrogens is 1. The van der Waals surface area contributed by atoms with Gasteiger partial charge in [0.05, 0.1) is 29.6 Å². The van der Waals surface area contributed by atoms with Crippen molar-refractivity contribution in [1.29, 1.82) is 0 Å². The molecule has 7 nitrogen and oxygen atoms in total. The molecule has 2 aromatic rings. The number of para-hydroxylation sites is 1. The molecule has 1 aromatic heterocycles. The summed E-state index contributed by atoms with van der Waals surface area (Å²) in [6, 6.07) is 10.3. The lowest BCUT2D eigenvalue weighted by Crippen LogP contribution is -2.47. The van der Waals surface area contributed by atoms with E-state index in [-0.39, 0.29) is 24.0 Å². The molecule has 138 valence electrons. The summed E-state index contributed by atoms with van der Waals surface area (Å²) in [5, 5.41) is 3.70. The minimum absolute atomic E-state index is 0.182. The van der Waals surface area contributed by atoms with Gasteiger partial charge in [0.15, 0.2) is 0 Å². The second-order valence-corrected chi connectivity index (χ2v) is 7.44. The highest BCUT2D eigenvalue weighted by atomic mass is 16.5. The van der Waals surface area contributed by atoms with Crippen molar-refractivity contribution in [2.24, 2.45) is 11.8 Å². The molecule has 0 unspecified atom stereocenters. The maximum Gasteiger partial charge on any atom is 0.248 e. The molecule has 3 saturated heterocycles. The lowest BCUT2D eigenvalue weighted by atomic mass is 9.81. The number of rotatable bonds is 3. The van der Waals surface area contributed by atoms with Gasteiger partial charge >= 0.3 is 0 Å². The van der Waals surface area contributed by atoms with Crippen LogP contribution in [0.3, 0.4) is 0 Å². The van der Waals surface area contributed by atoms with E-state index >= 15 is 0 Å². The first-order valence-corrected chi connectivity index (χ1v) is 9.23. The van der Waals surface area contributed by atoms with E-state index in [0.29, 0.717) is 5.82 Å². The van der Waals surface area contributed by atoms with Crippen LogP contribution in [0.25, 0.3) is 10.9 Å². The SMILES string of the molecule is C[C@H](C(=O)Nc1ccc2ccccc2n1)N1C(=O)[C@H]2[C@H](C1=O)[C@H]1CC[C@H]2O1. The summed E-state index contributed by atoms with van der Waals surface area (Å²) in [6.45, 7) is 1.58. The molecule has 3 amide bonds. The minimum atomic E-state index is -0.886. The van der Waals surface area contributed by atoms with Gasteiger partial charge in [-0.2, -0.15) is 0 Å². The molecule has 2 bridgehead atoms. The number of carbonyl (C=O) groups is 3. The number of pyridine rings is 1. The molecule has 0 aliphatic carbocycles. The largest absolute Gasteiger partial charge is 0.373 e. The van der Waals surface area contributed by atoms with Crippen LogP contribution in [0.5, 0.6) is 0 Å². The number of nitrogens with one attached hydrogen (secondary N) is 1. The first-order chi connectivity index (χ1) is 13.0. The zero-order valence-electron chi connectivity index (χ0n) is 14.8. The normalized spacial score (nSPS) is 30.0. The van der Waals surface area contributed by atoms with Gasteiger partial charge < -0.3 is 10.1 Å². The third kappa shape index (κ3) is 2.38. The Labute approximate surface area is 155 Å². The number of anilines is 1. The highest BCUT2D eigenvalue weighted by Gasteiger charge is 2.63. The lowest BCUT2D eigenvalue weighted by molar-refractivity contribution is -0.148. The Balaban J connectivity index is 1.35. The number of likely N-dealkylation sites (tertiary alicyclic amines) is 1. The van der Waals surface area contributed by atoms with E-state index in [1.165, 1.54) is 0 Å². The second-order valence-electron chi connectivity index (χ2n) is 7.44. The smallest absolute Gasteiger partial charge is 0.248 e. The summed E-state index contributed by atoms with van der Waals surface area (Å²) in [4.78, 5) is 43.8. The van der Waals surface area contributed by atoms with E-state index in [1.807, 2.05) is 30.3 Å². The van der Waals surface area contributed by atoms with E-state index in [0.717, 1.165) is 28.6 Å². The molecule has 0 radical (unpaired) electrons. The van der Waals surface area contributed by atoms with Gasteiger partial charge in [0.1, 0.15) is 11.9 Å². The fraction of sp³-hybridized carbons (Fsp3) is 0.400. The molecule has 3 aliphatic heterocycles. The maximum atomic E-state index is 12.8. The summed E-state index contributed by atoms with van der Waals surface area (Å²) in [5.74, 6) is -1.45. The van der Waals surface area contributed by atoms with Crippen molar-refractivity contribution >= 4 is 34.4 Å². The number of fused-ring (bicyclic) bond motifs is 6. The van der Waals surface area contributed by atoms with Crippen LogP contribution in [0.15, 0.2) is 36.4 Å². The van der Waals surface area contributed by atoms with E-state index < -0.39 is 23.8 Å². The van der Waals surface area contributed by atoms with Crippen LogP contribution >= 0.6 is 0 Å². The number of amides is 3. The van der Waals surface area contributed by atoms with E-state index in [4.69, 9.17) is 4.74 Å². The Morgan fingerprint density at radius 3 is 2.48 bits per heavy atom. The van der Waals surface area contributed by atoms with Gasteiger partial charge in [-0.15, -0.1) is 0 Å². The summed E-state index contributed by atoms with van der Waals surface area (Å²) >= 11 is 0.